The Labute approximate surface area is 232 Å². The number of hydrogen-bond acceptors (Lipinski definition) is 6. The van der Waals surface area contributed by atoms with Gasteiger partial charge in [-0.1, -0.05) is 49.6 Å². The fraction of sp³-hybridized carbons (Fsp3) is 0.667. The van der Waals surface area contributed by atoms with Crippen molar-refractivity contribution in [3.05, 3.63) is 46.9 Å². The Morgan fingerprint density at radius 2 is 1.66 bits per heavy atom. The number of anilines is 2. The summed E-state index contributed by atoms with van der Waals surface area (Å²) in [4.78, 5) is 8.53. The zero-order valence-corrected chi connectivity index (χ0v) is 23.8. The summed E-state index contributed by atoms with van der Waals surface area (Å²) < 4.78 is 20.1. The minimum Gasteiger partial charge on any atom is -0.381 e. The maximum atomic E-state index is 14.6. The van der Waals surface area contributed by atoms with Crippen LogP contribution in [0.15, 0.2) is 30.5 Å². The van der Waals surface area contributed by atoms with Crippen LogP contribution in [0.5, 0.6) is 0 Å². The molecule has 6 nitrogen and oxygen atoms in total. The number of aromatic nitrogens is 2. The molecule has 1 unspecified atom stereocenters. The predicted octanol–water partition coefficient (Wildman–Crippen LogP) is 6.92. The summed E-state index contributed by atoms with van der Waals surface area (Å²) >= 11 is 6.25. The van der Waals surface area contributed by atoms with E-state index >= 15 is 0 Å². The zero-order chi connectivity index (χ0) is 26.7. The average Bonchev–Trinajstić information content (AvgIpc) is 2.93. The van der Waals surface area contributed by atoms with Crippen molar-refractivity contribution in [3.8, 4) is 0 Å². The average molecular weight is 546 g/mol. The van der Waals surface area contributed by atoms with E-state index in [1.807, 2.05) is 31.4 Å². The molecule has 4 rings (SSSR count). The Bertz CT molecular complexity index is 987. The fourth-order valence-corrected chi connectivity index (χ4v) is 6.58. The van der Waals surface area contributed by atoms with Gasteiger partial charge in [0, 0.05) is 25.2 Å². The molecule has 8 heteroatoms. The maximum absolute atomic E-state index is 14.6. The van der Waals surface area contributed by atoms with Crippen LogP contribution in [0.25, 0.3) is 0 Å². The molecule has 2 aliphatic rings. The highest BCUT2D eigenvalue weighted by atomic mass is 35.5. The van der Waals surface area contributed by atoms with Crippen molar-refractivity contribution in [3.63, 3.8) is 0 Å². The molecule has 2 aromatic rings. The van der Waals surface area contributed by atoms with Gasteiger partial charge in [-0.3, -0.25) is 0 Å². The first kappa shape index (κ1) is 29.0. The third-order valence-electron chi connectivity index (χ3n) is 8.39. The third kappa shape index (κ3) is 8.78. The predicted molar refractivity (Wildman–Crippen MR) is 154 cm³/mol. The molecule has 3 atom stereocenters. The number of nitrogens with zero attached hydrogens (tertiary/aromatic N) is 2. The summed E-state index contributed by atoms with van der Waals surface area (Å²) in [6, 6.07) is 7.63. The molecule has 38 heavy (non-hydrogen) atoms. The summed E-state index contributed by atoms with van der Waals surface area (Å²) in [7, 11) is 1.83. The van der Waals surface area contributed by atoms with E-state index in [-0.39, 0.29) is 5.82 Å². The van der Waals surface area contributed by atoms with Crippen LogP contribution in [0.1, 0.15) is 70.3 Å². The standard InChI is InChI=1S/C30H45ClFN5O/c1-3-6-22-13-23(17-33-16-21-9-11-26(38-2)12-10-21)15-24(14-22)18-34-29-28(32)20-36-30(37-29)35-19-25-7-4-5-8-27(25)31/h4-5,7-8,20-24,26,33H,3,6,9-19H2,1-2H3,(H2,34,35,36,37)/t21-,22?,23-,24-,26-/m1/s1. The van der Waals surface area contributed by atoms with E-state index in [4.69, 9.17) is 16.3 Å². The molecule has 1 heterocycles. The summed E-state index contributed by atoms with van der Waals surface area (Å²) in [6.45, 7) is 5.69. The summed E-state index contributed by atoms with van der Waals surface area (Å²) in [6.07, 6.45) is 12.8. The molecule has 2 fully saturated rings. The van der Waals surface area contributed by atoms with Crippen molar-refractivity contribution in [1.29, 1.82) is 0 Å². The van der Waals surface area contributed by atoms with Crippen molar-refractivity contribution in [2.45, 2.75) is 77.4 Å². The number of rotatable bonds is 13. The van der Waals surface area contributed by atoms with Gasteiger partial charge in [0.2, 0.25) is 5.95 Å². The molecular weight excluding hydrogens is 501 g/mol. The van der Waals surface area contributed by atoms with Crippen molar-refractivity contribution in [2.75, 3.05) is 37.4 Å². The van der Waals surface area contributed by atoms with E-state index < -0.39 is 5.82 Å². The van der Waals surface area contributed by atoms with Gasteiger partial charge in [0.1, 0.15) is 0 Å². The van der Waals surface area contributed by atoms with Gasteiger partial charge in [-0.05, 0) is 93.3 Å². The number of benzene rings is 1. The molecule has 0 saturated heterocycles. The molecule has 3 N–H and O–H groups in total. The highest BCUT2D eigenvalue weighted by molar-refractivity contribution is 6.31. The van der Waals surface area contributed by atoms with Gasteiger partial charge in [0.15, 0.2) is 11.6 Å². The lowest BCUT2D eigenvalue weighted by Crippen LogP contribution is -2.36. The van der Waals surface area contributed by atoms with Crippen molar-refractivity contribution < 1.29 is 9.13 Å². The van der Waals surface area contributed by atoms with Crippen LogP contribution in [0, 0.1) is 29.5 Å². The Kier molecular flexibility index (Phi) is 11.5. The molecular formula is C30H45ClFN5O. The van der Waals surface area contributed by atoms with Gasteiger partial charge in [-0.2, -0.15) is 4.98 Å². The first-order valence-corrected chi connectivity index (χ1v) is 14.9. The van der Waals surface area contributed by atoms with Crippen LogP contribution in [-0.4, -0.2) is 42.8 Å². The lowest BCUT2D eigenvalue weighted by atomic mass is 9.73. The van der Waals surface area contributed by atoms with E-state index in [0.717, 1.165) is 37.0 Å². The molecule has 0 radical (unpaired) electrons. The van der Waals surface area contributed by atoms with Crippen molar-refractivity contribution >= 4 is 23.4 Å². The number of hydrogen-bond donors (Lipinski definition) is 3. The maximum Gasteiger partial charge on any atom is 0.225 e. The van der Waals surface area contributed by atoms with Crippen LogP contribution in [-0.2, 0) is 11.3 Å². The quantitative estimate of drug-likeness (QED) is 0.254. The first-order valence-electron chi connectivity index (χ1n) is 14.5. The van der Waals surface area contributed by atoms with E-state index in [0.29, 0.717) is 35.5 Å². The summed E-state index contributed by atoms with van der Waals surface area (Å²) in [5.41, 5.74) is 0.947. The molecule has 1 aromatic carbocycles. The second-order valence-electron chi connectivity index (χ2n) is 11.3. The summed E-state index contributed by atoms with van der Waals surface area (Å²) in [5, 5.41) is 11.0. The second-order valence-corrected chi connectivity index (χ2v) is 11.8. The highest BCUT2D eigenvalue weighted by Crippen LogP contribution is 2.36. The summed E-state index contributed by atoms with van der Waals surface area (Å²) in [5.74, 6) is 2.94. The highest BCUT2D eigenvalue weighted by Gasteiger charge is 2.29. The number of methoxy groups -OCH3 is 1. The number of nitrogens with one attached hydrogen (secondary N) is 3. The second kappa shape index (κ2) is 15.0. The van der Waals surface area contributed by atoms with Crippen LogP contribution >= 0.6 is 11.6 Å². The Balaban J connectivity index is 1.26. The van der Waals surface area contributed by atoms with Crippen LogP contribution < -0.4 is 16.0 Å². The molecule has 2 saturated carbocycles. The van der Waals surface area contributed by atoms with E-state index in [1.165, 1.54) is 64.0 Å². The van der Waals surface area contributed by atoms with Gasteiger partial charge in [0.05, 0.1) is 12.3 Å². The normalized spacial score (nSPS) is 25.7. The minimum absolute atomic E-state index is 0.264. The van der Waals surface area contributed by atoms with Gasteiger partial charge < -0.3 is 20.7 Å². The van der Waals surface area contributed by atoms with Gasteiger partial charge in [-0.15, -0.1) is 0 Å². The molecule has 0 bridgehead atoms. The third-order valence-corrected chi connectivity index (χ3v) is 8.76. The molecule has 0 amide bonds. The number of halogens is 2. The molecule has 0 spiro atoms. The van der Waals surface area contributed by atoms with Crippen molar-refractivity contribution in [2.24, 2.45) is 23.7 Å². The lowest BCUT2D eigenvalue weighted by Gasteiger charge is -2.36. The van der Waals surface area contributed by atoms with Crippen LogP contribution in [0.3, 0.4) is 0 Å². The smallest absolute Gasteiger partial charge is 0.225 e. The molecule has 0 aliphatic heterocycles. The Morgan fingerprint density at radius 1 is 0.947 bits per heavy atom. The lowest BCUT2D eigenvalue weighted by molar-refractivity contribution is 0.0564. The fourth-order valence-electron chi connectivity index (χ4n) is 6.38. The number of ether oxygens (including phenoxy) is 1. The van der Waals surface area contributed by atoms with Gasteiger partial charge in [0.25, 0.3) is 0 Å². The van der Waals surface area contributed by atoms with Gasteiger partial charge >= 0.3 is 0 Å². The minimum atomic E-state index is -0.421. The SMILES string of the molecule is CCCC1C[C@@H](CNC[C@H]2CC[C@H](OC)CC2)C[C@H](CNc2nc(NCc3ccccc3Cl)ncc2F)C1. The first-order chi connectivity index (χ1) is 18.5. The Hall–Kier alpha value is -1.96. The van der Waals surface area contributed by atoms with Crippen LogP contribution in [0.4, 0.5) is 16.2 Å². The molecule has 1 aromatic heterocycles. The monoisotopic (exact) mass is 545 g/mol. The van der Waals surface area contributed by atoms with Gasteiger partial charge in [-0.25, -0.2) is 9.37 Å². The topological polar surface area (TPSA) is 71.1 Å². The van der Waals surface area contributed by atoms with E-state index in [2.05, 4.69) is 32.8 Å². The van der Waals surface area contributed by atoms with Crippen molar-refractivity contribution in [1.82, 2.24) is 15.3 Å². The largest absolute Gasteiger partial charge is 0.381 e. The van der Waals surface area contributed by atoms with E-state index in [9.17, 15) is 4.39 Å². The van der Waals surface area contributed by atoms with Crippen LogP contribution in [0.2, 0.25) is 5.02 Å². The Morgan fingerprint density at radius 3 is 2.39 bits per heavy atom. The van der Waals surface area contributed by atoms with E-state index in [1.54, 1.807) is 0 Å². The molecule has 210 valence electrons. The zero-order valence-electron chi connectivity index (χ0n) is 23.0. The molecule has 2 aliphatic carbocycles.